The quantitative estimate of drug-likeness (QED) is 0.740. The summed E-state index contributed by atoms with van der Waals surface area (Å²) in [6.07, 6.45) is 4.84. The molecule has 0 bridgehead atoms. The standard InChI is InChI=1S/C17H26N6O3/c1-2-26-17(25)23-11-9-22(10-12-23)16(24)14-20-5-7-21(8-6-20)15-13-18-3-4-19-15/h3-4,13H,2,5-12,14H2,1H3. The van der Waals surface area contributed by atoms with Crippen molar-refractivity contribution in [3.8, 4) is 0 Å². The highest BCUT2D eigenvalue weighted by Gasteiger charge is 2.27. The van der Waals surface area contributed by atoms with Crippen LogP contribution in [0.5, 0.6) is 0 Å². The van der Waals surface area contributed by atoms with Gasteiger partial charge in [0.15, 0.2) is 0 Å². The molecule has 0 saturated carbocycles. The SMILES string of the molecule is CCOC(=O)N1CCN(C(=O)CN2CCN(c3cnccn3)CC2)CC1. The molecule has 2 amide bonds. The third-order valence-electron chi connectivity index (χ3n) is 4.76. The summed E-state index contributed by atoms with van der Waals surface area (Å²) in [5.41, 5.74) is 0. The van der Waals surface area contributed by atoms with Crippen molar-refractivity contribution in [1.29, 1.82) is 0 Å². The molecule has 26 heavy (non-hydrogen) atoms. The van der Waals surface area contributed by atoms with E-state index < -0.39 is 0 Å². The Kier molecular flexibility index (Phi) is 6.21. The highest BCUT2D eigenvalue weighted by molar-refractivity contribution is 5.78. The summed E-state index contributed by atoms with van der Waals surface area (Å²) in [4.78, 5) is 40.5. The van der Waals surface area contributed by atoms with Crippen LogP contribution in [-0.4, -0.2) is 102 Å². The van der Waals surface area contributed by atoms with Gasteiger partial charge >= 0.3 is 6.09 Å². The predicted octanol–water partition coefficient (Wildman–Crippen LogP) is -0.101. The second-order valence-corrected chi connectivity index (χ2v) is 6.39. The van der Waals surface area contributed by atoms with Crippen molar-refractivity contribution >= 4 is 17.8 Å². The van der Waals surface area contributed by atoms with Crippen LogP contribution in [0, 0.1) is 0 Å². The average Bonchev–Trinajstić information content (AvgIpc) is 2.69. The second-order valence-electron chi connectivity index (χ2n) is 6.39. The van der Waals surface area contributed by atoms with E-state index in [0.717, 1.165) is 32.0 Å². The normalized spacial score (nSPS) is 18.7. The van der Waals surface area contributed by atoms with Crippen LogP contribution in [0.3, 0.4) is 0 Å². The number of carbonyl (C=O) groups excluding carboxylic acids is 2. The molecule has 3 rings (SSSR count). The van der Waals surface area contributed by atoms with E-state index in [1.165, 1.54) is 0 Å². The van der Waals surface area contributed by atoms with Crippen LogP contribution in [-0.2, 0) is 9.53 Å². The highest BCUT2D eigenvalue weighted by Crippen LogP contribution is 2.12. The topological polar surface area (TPSA) is 82.1 Å². The van der Waals surface area contributed by atoms with Crippen LogP contribution in [0.4, 0.5) is 10.6 Å². The molecule has 2 aliphatic heterocycles. The Balaban J connectivity index is 1.40. The first-order valence-corrected chi connectivity index (χ1v) is 9.10. The minimum absolute atomic E-state index is 0.126. The van der Waals surface area contributed by atoms with E-state index in [1.807, 2.05) is 4.90 Å². The Morgan fingerprint density at radius 3 is 2.31 bits per heavy atom. The zero-order chi connectivity index (χ0) is 18.4. The van der Waals surface area contributed by atoms with Gasteiger partial charge in [0.05, 0.1) is 19.3 Å². The maximum atomic E-state index is 12.5. The fraction of sp³-hybridized carbons (Fsp3) is 0.647. The summed E-state index contributed by atoms with van der Waals surface area (Å²) in [5.74, 6) is 1.01. The van der Waals surface area contributed by atoms with Gasteiger partial charge in [-0.25, -0.2) is 9.78 Å². The summed E-state index contributed by atoms with van der Waals surface area (Å²) in [6, 6.07) is 0. The van der Waals surface area contributed by atoms with Gasteiger partial charge in [0, 0.05) is 64.8 Å². The lowest BCUT2D eigenvalue weighted by Crippen LogP contribution is -2.54. The molecule has 0 N–H and O–H groups in total. The summed E-state index contributed by atoms with van der Waals surface area (Å²) in [5, 5.41) is 0. The molecule has 0 spiro atoms. The number of ether oxygens (including phenoxy) is 1. The molecule has 0 radical (unpaired) electrons. The summed E-state index contributed by atoms with van der Waals surface area (Å²) in [6.45, 7) is 8.11. The highest BCUT2D eigenvalue weighted by atomic mass is 16.6. The van der Waals surface area contributed by atoms with Crippen molar-refractivity contribution in [1.82, 2.24) is 24.7 Å². The van der Waals surface area contributed by atoms with Crippen molar-refractivity contribution in [3.63, 3.8) is 0 Å². The zero-order valence-electron chi connectivity index (χ0n) is 15.2. The predicted molar refractivity (Wildman–Crippen MR) is 95.9 cm³/mol. The summed E-state index contributed by atoms with van der Waals surface area (Å²) in [7, 11) is 0. The van der Waals surface area contributed by atoms with E-state index in [2.05, 4.69) is 19.8 Å². The Hall–Kier alpha value is -2.42. The molecule has 9 nitrogen and oxygen atoms in total. The number of nitrogens with zero attached hydrogens (tertiary/aromatic N) is 6. The lowest BCUT2D eigenvalue weighted by molar-refractivity contribution is -0.134. The number of rotatable bonds is 4. The van der Waals surface area contributed by atoms with E-state index in [0.29, 0.717) is 39.3 Å². The number of piperazine rings is 2. The van der Waals surface area contributed by atoms with Crippen LogP contribution in [0.2, 0.25) is 0 Å². The van der Waals surface area contributed by atoms with Crippen LogP contribution < -0.4 is 4.90 Å². The van der Waals surface area contributed by atoms with E-state index in [1.54, 1.807) is 30.4 Å². The first kappa shape index (κ1) is 18.4. The molecule has 2 saturated heterocycles. The summed E-state index contributed by atoms with van der Waals surface area (Å²) >= 11 is 0. The van der Waals surface area contributed by atoms with Crippen LogP contribution >= 0.6 is 0 Å². The summed E-state index contributed by atoms with van der Waals surface area (Å²) < 4.78 is 5.01. The van der Waals surface area contributed by atoms with Gasteiger partial charge in [-0.15, -0.1) is 0 Å². The van der Waals surface area contributed by atoms with Gasteiger partial charge in [0.2, 0.25) is 5.91 Å². The molecule has 9 heteroatoms. The molecule has 0 atom stereocenters. The van der Waals surface area contributed by atoms with Gasteiger partial charge in [0.25, 0.3) is 0 Å². The Labute approximate surface area is 153 Å². The first-order chi connectivity index (χ1) is 12.7. The molecule has 1 aromatic heterocycles. The van der Waals surface area contributed by atoms with E-state index in [-0.39, 0.29) is 12.0 Å². The third-order valence-corrected chi connectivity index (χ3v) is 4.76. The van der Waals surface area contributed by atoms with Crippen molar-refractivity contribution in [2.24, 2.45) is 0 Å². The number of hydrogen-bond donors (Lipinski definition) is 0. The number of aromatic nitrogens is 2. The monoisotopic (exact) mass is 362 g/mol. The Morgan fingerprint density at radius 2 is 1.69 bits per heavy atom. The van der Waals surface area contributed by atoms with Gasteiger partial charge in [0.1, 0.15) is 5.82 Å². The van der Waals surface area contributed by atoms with Gasteiger partial charge in [-0.1, -0.05) is 0 Å². The van der Waals surface area contributed by atoms with Crippen LogP contribution in [0.25, 0.3) is 0 Å². The van der Waals surface area contributed by atoms with E-state index >= 15 is 0 Å². The van der Waals surface area contributed by atoms with Crippen LogP contribution in [0.1, 0.15) is 6.92 Å². The first-order valence-electron chi connectivity index (χ1n) is 9.10. The van der Waals surface area contributed by atoms with Gasteiger partial charge in [-0.3, -0.25) is 14.7 Å². The number of amides is 2. The fourth-order valence-corrected chi connectivity index (χ4v) is 3.23. The molecule has 0 unspecified atom stereocenters. The molecule has 0 aliphatic carbocycles. The smallest absolute Gasteiger partial charge is 0.409 e. The minimum Gasteiger partial charge on any atom is -0.450 e. The molecule has 2 fully saturated rings. The fourth-order valence-electron chi connectivity index (χ4n) is 3.23. The minimum atomic E-state index is -0.292. The maximum Gasteiger partial charge on any atom is 0.409 e. The van der Waals surface area contributed by atoms with Gasteiger partial charge < -0.3 is 19.4 Å². The lowest BCUT2D eigenvalue weighted by atomic mass is 10.2. The van der Waals surface area contributed by atoms with Crippen molar-refractivity contribution in [3.05, 3.63) is 18.6 Å². The Morgan fingerprint density at radius 1 is 1.00 bits per heavy atom. The molecule has 1 aromatic rings. The largest absolute Gasteiger partial charge is 0.450 e. The van der Waals surface area contributed by atoms with Crippen LogP contribution in [0.15, 0.2) is 18.6 Å². The third kappa shape index (κ3) is 4.60. The molecular formula is C17H26N6O3. The molecule has 0 aromatic carbocycles. The van der Waals surface area contributed by atoms with Crippen molar-refractivity contribution in [2.45, 2.75) is 6.92 Å². The molecule has 142 valence electrons. The zero-order valence-corrected chi connectivity index (χ0v) is 15.2. The lowest BCUT2D eigenvalue weighted by Gasteiger charge is -2.37. The van der Waals surface area contributed by atoms with E-state index in [4.69, 9.17) is 4.74 Å². The Bertz CT molecular complexity index is 598. The maximum absolute atomic E-state index is 12.5. The number of carbonyl (C=O) groups is 2. The van der Waals surface area contributed by atoms with Gasteiger partial charge in [-0.2, -0.15) is 0 Å². The van der Waals surface area contributed by atoms with E-state index in [9.17, 15) is 9.59 Å². The number of hydrogen-bond acceptors (Lipinski definition) is 7. The average molecular weight is 362 g/mol. The van der Waals surface area contributed by atoms with Crippen molar-refractivity contribution in [2.75, 3.05) is 70.4 Å². The second kappa shape index (κ2) is 8.79. The van der Waals surface area contributed by atoms with Gasteiger partial charge in [-0.05, 0) is 6.92 Å². The molecular weight excluding hydrogens is 336 g/mol. The van der Waals surface area contributed by atoms with Crippen molar-refractivity contribution < 1.29 is 14.3 Å². The molecule has 3 heterocycles. The molecule has 2 aliphatic rings. The number of anilines is 1.